The Hall–Kier alpha value is -1.98. The van der Waals surface area contributed by atoms with Crippen LogP contribution in [0, 0.1) is 12.8 Å². The Balaban J connectivity index is 1.51. The normalized spacial score (nSPS) is 17.8. The molecule has 1 aromatic carbocycles. The van der Waals surface area contributed by atoms with Crippen molar-refractivity contribution in [2.75, 3.05) is 6.54 Å². The highest BCUT2D eigenvalue weighted by atomic mass is 32.1. The minimum Gasteiger partial charge on any atom is -0.337 e. The van der Waals surface area contributed by atoms with Crippen molar-refractivity contribution in [1.82, 2.24) is 9.97 Å². The molecule has 0 fully saturated rings. The van der Waals surface area contributed by atoms with E-state index < -0.39 is 0 Å². The van der Waals surface area contributed by atoms with Gasteiger partial charge in [0.25, 0.3) is 5.56 Å². The summed E-state index contributed by atoms with van der Waals surface area (Å²) in [5, 5.41) is 3.12. The second-order valence-corrected chi connectivity index (χ2v) is 9.06. The first-order valence-corrected chi connectivity index (χ1v) is 10.8. The fourth-order valence-corrected chi connectivity index (χ4v) is 5.46. The molecule has 0 unspecified atom stereocenters. The van der Waals surface area contributed by atoms with E-state index in [0.717, 1.165) is 41.8 Å². The van der Waals surface area contributed by atoms with E-state index in [1.54, 1.807) is 11.3 Å². The average molecular weight is 383 g/mol. The summed E-state index contributed by atoms with van der Waals surface area (Å²) in [6.45, 7) is 7.55. The Morgan fingerprint density at radius 2 is 2.19 bits per heavy atom. The van der Waals surface area contributed by atoms with Crippen LogP contribution in [0.5, 0.6) is 0 Å². The number of fused-ring (bicyclic) bond motifs is 3. The number of aryl methyl sites for hydroxylation is 2. The van der Waals surface area contributed by atoms with Crippen LogP contribution in [0.25, 0.3) is 10.2 Å². The number of aromatic amines is 1. The Kier molecular flexibility index (Phi) is 5.15. The topological polar surface area (TPSA) is 62.4 Å². The lowest BCUT2D eigenvalue weighted by atomic mass is 9.89. The second kappa shape index (κ2) is 7.56. The van der Waals surface area contributed by atoms with Crippen molar-refractivity contribution >= 4 is 21.6 Å². The molecule has 2 aromatic heterocycles. The number of benzene rings is 1. The van der Waals surface area contributed by atoms with Crippen LogP contribution in [0.1, 0.15) is 53.7 Å². The summed E-state index contributed by atoms with van der Waals surface area (Å²) >= 11 is 1.73. The molecule has 0 saturated carbocycles. The van der Waals surface area contributed by atoms with Crippen molar-refractivity contribution in [3.63, 3.8) is 0 Å². The molecule has 1 aliphatic rings. The van der Waals surface area contributed by atoms with Gasteiger partial charge in [0.1, 0.15) is 10.9 Å². The maximum atomic E-state index is 12.8. The molecule has 0 spiro atoms. The molecule has 4 rings (SSSR count). The van der Waals surface area contributed by atoms with Crippen LogP contribution < -0.4 is 10.9 Å². The summed E-state index contributed by atoms with van der Waals surface area (Å²) in [5.74, 6) is 1.50. The van der Waals surface area contributed by atoms with Gasteiger partial charge < -0.3 is 10.3 Å². The van der Waals surface area contributed by atoms with Crippen LogP contribution in [-0.2, 0) is 19.3 Å². The highest BCUT2D eigenvalue weighted by Crippen LogP contribution is 2.35. The number of nitrogens with one attached hydrogen (secondary N) is 1. The van der Waals surface area contributed by atoms with E-state index in [9.17, 15) is 4.79 Å². The first-order valence-electron chi connectivity index (χ1n) is 9.95. The maximum absolute atomic E-state index is 12.8. The lowest BCUT2D eigenvalue weighted by Gasteiger charge is -2.17. The van der Waals surface area contributed by atoms with Gasteiger partial charge >= 0.3 is 0 Å². The average Bonchev–Trinajstić information content (AvgIpc) is 3.01. The molecule has 0 radical (unpaired) electrons. The molecule has 0 aliphatic heterocycles. The van der Waals surface area contributed by atoms with Crippen molar-refractivity contribution < 1.29 is 5.32 Å². The number of nitrogens with two attached hydrogens (primary N) is 1. The lowest BCUT2D eigenvalue weighted by Crippen LogP contribution is -2.85. The van der Waals surface area contributed by atoms with Gasteiger partial charge in [-0.2, -0.15) is 0 Å². The molecule has 2 heterocycles. The molecule has 142 valence electrons. The van der Waals surface area contributed by atoms with Gasteiger partial charge in [-0.05, 0) is 55.7 Å². The van der Waals surface area contributed by atoms with Crippen LogP contribution in [0.3, 0.4) is 0 Å². The third-order valence-electron chi connectivity index (χ3n) is 5.81. The lowest BCUT2D eigenvalue weighted by molar-refractivity contribution is -0.693. The molecule has 3 aromatic rings. The predicted molar refractivity (Wildman–Crippen MR) is 112 cm³/mol. The van der Waals surface area contributed by atoms with E-state index in [4.69, 9.17) is 4.98 Å². The van der Waals surface area contributed by atoms with Gasteiger partial charge in [0.05, 0.1) is 11.9 Å². The van der Waals surface area contributed by atoms with Crippen molar-refractivity contribution in [1.29, 1.82) is 0 Å². The molecule has 0 bridgehead atoms. The molecule has 0 amide bonds. The number of quaternary nitrogens is 1. The quantitative estimate of drug-likeness (QED) is 0.711. The molecular formula is C22H28N3OS+. The third-order valence-corrected chi connectivity index (χ3v) is 6.96. The summed E-state index contributed by atoms with van der Waals surface area (Å²) in [6, 6.07) is 8.67. The van der Waals surface area contributed by atoms with Crippen molar-refractivity contribution in [2.24, 2.45) is 5.92 Å². The summed E-state index contributed by atoms with van der Waals surface area (Å²) in [6.07, 6.45) is 4.29. The molecule has 5 heteroatoms. The smallest absolute Gasteiger partial charge is 0.260 e. The monoisotopic (exact) mass is 382 g/mol. The first-order chi connectivity index (χ1) is 13.0. The zero-order valence-corrected chi connectivity index (χ0v) is 17.2. The highest BCUT2D eigenvalue weighted by Gasteiger charge is 2.24. The standard InChI is InChI=1S/C22H27N3OS/c1-13-8-9-17-18(12-13)27-22-19(17)21(26)24-20(25-22)15(3)23-11-10-16-7-5-4-6-14(16)2/h4-7,13,15,23H,8-12H2,1-3H3,(H,24,25,26)/p+1/t13-,15+/m1/s1. The number of H-pyrrole nitrogens is 1. The van der Waals surface area contributed by atoms with E-state index in [1.165, 1.54) is 28.0 Å². The second-order valence-electron chi connectivity index (χ2n) is 7.97. The largest absolute Gasteiger partial charge is 0.337 e. The van der Waals surface area contributed by atoms with Crippen molar-refractivity contribution in [2.45, 2.75) is 52.5 Å². The summed E-state index contributed by atoms with van der Waals surface area (Å²) in [4.78, 5) is 23.0. The van der Waals surface area contributed by atoms with E-state index >= 15 is 0 Å². The minimum atomic E-state index is 0.0428. The maximum Gasteiger partial charge on any atom is 0.260 e. The molecule has 1 aliphatic carbocycles. The van der Waals surface area contributed by atoms with Crippen LogP contribution in [-0.4, -0.2) is 16.5 Å². The fourth-order valence-electron chi connectivity index (χ4n) is 4.07. The van der Waals surface area contributed by atoms with Crippen LogP contribution in [0.2, 0.25) is 0 Å². The molecule has 0 saturated heterocycles. The van der Waals surface area contributed by atoms with Crippen LogP contribution in [0.15, 0.2) is 29.1 Å². The molecular weight excluding hydrogens is 354 g/mol. The number of hydrogen-bond donors (Lipinski definition) is 2. The van der Waals surface area contributed by atoms with E-state index in [-0.39, 0.29) is 11.6 Å². The Bertz CT molecular complexity index is 1020. The van der Waals surface area contributed by atoms with Gasteiger partial charge in [-0.3, -0.25) is 4.79 Å². The number of thiophene rings is 1. The van der Waals surface area contributed by atoms with Crippen LogP contribution in [0.4, 0.5) is 0 Å². The van der Waals surface area contributed by atoms with E-state index in [0.29, 0.717) is 5.92 Å². The van der Waals surface area contributed by atoms with Crippen molar-refractivity contribution in [3.8, 4) is 0 Å². The van der Waals surface area contributed by atoms with Gasteiger partial charge in [-0.15, -0.1) is 11.3 Å². The Morgan fingerprint density at radius 3 is 3.00 bits per heavy atom. The SMILES string of the molecule is Cc1ccccc1CC[NH2+][C@@H](C)c1nc2sc3c(c2c(=O)[nH]1)CC[C@@H](C)C3. The highest BCUT2D eigenvalue weighted by molar-refractivity contribution is 7.18. The Morgan fingerprint density at radius 1 is 1.37 bits per heavy atom. The molecule has 27 heavy (non-hydrogen) atoms. The van der Waals surface area contributed by atoms with E-state index in [2.05, 4.69) is 55.3 Å². The predicted octanol–water partition coefficient (Wildman–Crippen LogP) is 3.28. The summed E-state index contributed by atoms with van der Waals surface area (Å²) in [7, 11) is 0. The van der Waals surface area contributed by atoms with E-state index in [1.807, 2.05) is 0 Å². The van der Waals surface area contributed by atoms with Crippen molar-refractivity contribution in [3.05, 3.63) is 62.0 Å². The summed E-state index contributed by atoms with van der Waals surface area (Å²) < 4.78 is 0. The fraction of sp³-hybridized carbons (Fsp3) is 0.455. The minimum absolute atomic E-state index is 0.0428. The van der Waals surface area contributed by atoms with Crippen LogP contribution >= 0.6 is 11.3 Å². The third kappa shape index (κ3) is 3.71. The molecule has 4 nitrogen and oxygen atoms in total. The summed E-state index contributed by atoms with van der Waals surface area (Å²) in [5.41, 5.74) is 4.02. The zero-order valence-electron chi connectivity index (χ0n) is 16.3. The number of hydrogen-bond acceptors (Lipinski definition) is 3. The Labute approximate surface area is 164 Å². The molecule has 2 atom stereocenters. The first kappa shape index (κ1) is 18.4. The molecule has 3 N–H and O–H groups in total. The number of nitrogens with zero attached hydrogens (tertiary/aromatic N) is 1. The van der Waals surface area contributed by atoms with Gasteiger partial charge in [0, 0.05) is 11.3 Å². The number of aromatic nitrogens is 2. The zero-order chi connectivity index (χ0) is 19.0. The van der Waals surface area contributed by atoms with Gasteiger partial charge in [-0.1, -0.05) is 31.2 Å². The van der Waals surface area contributed by atoms with Gasteiger partial charge in [-0.25, -0.2) is 4.98 Å². The number of rotatable bonds is 5. The van der Waals surface area contributed by atoms with Gasteiger partial charge in [0.2, 0.25) is 0 Å². The van der Waals surface area contributed by atoms with Gasteiger partial charge in [0.15, 0.2) is 5.82 Å².